The van der Waals surface area contributed by atoms with Crippen LogP contribution >= 0.6 is 47.0 Å². The van der Waals surface area contributed by atoms with Gasteiger partial charge in [0.05, 0.1) is 9.79 Å². The predicted molar refractivity (Wildman–Crippen MR) is 198 cm³/mol. The molecule has 43 heavy (non-hydrogen) atoms. The van der Waals surface area contributed by atoms with Crippen molar-refractivity contribution in [3.05, 3.63) is 35.4 Å². The third-order valence-corrected chi connectivity index (χ3v) is 12.0. The normalized spacial score (nSPS) is 11.4. The van der Waals surface area contributed by atoms with Gasteiger partial charge in [0.25, 0.3) is 0 Å². The zero-order valence-electron chi connectivity index (χ0n) is 27.7. The van der Waals surface area contributed by atoms with Gasteiger partial charge in [-0.15, -0.1) is 47.0 Å². The maximum Gasteiger partial charge on any atom is 0.132 e. The summed E-state index contributed by atoms with van der Waals surface area (Å²) in [5.41, 5.74) is 1.88. The molecule has 0 bridgehead atoms. The standard InChI is InChI=1S/C37H60O2S4/c1-5-9-13-17-21-40-32-26-30(36(38)34(28-32)42-23-19-15-11-7-3)25-31-27-33(41-22-18-14-10-6-2)29-35(37(31)39)43-24-20-16-12-8-4/h26-29,38-39H,5-25H2,1-4H3. The van der Waals surface area contributed by atoms with Crippen molar-refractivity contribution in [3.63, 3.8) is 0 Å². The van der Waals surface area contributed by atoms with Crippen LogP contribution in [0.3, 0.4) is 0 Å². The zero-order valence-corrected chi connectivity index (χ0v) is 31.0. The number of thioether (sulfide) groups is 4. The Morgan fingerprint density at radius 3 is 1.07 bits per heavy atom. The second-order valence-corrected chi connectivity index (χ2v) is 16.3. The second kappa shape index (κ2) is 24.6. The fraction of sp³-hybridized carbons (Fsp3) is 0.676. The Kier molecular flexibility index (Phi) is 22.1. The van der Waals surface area contributed by atoms with Crippen molar-refractivity contribution < 1.29 is 10.2 Å². The summed E-state index contributed by atoms with van der Waals surface area (Å²) in [7, 11) is 0. The first-order valence-electron chi connectivity index (χ1n) is 17.3. The monoisotopic (exact) mass is 664 g/mol. The van der Waals surface area contributed by atoms with Gasteiger partial charge in [-0.2, -0.15) is 0 Å². The molecule has 2 nitrogen and oxygen atoms in total. The van der Waals surface area contributed by atoms with Gasteiger partial charge in [0.2, 0.25) is 0 Å². The molecule has 0 spiro atoms. The van der Waals surface area contributed by atoms with Gasteiger partial charge >= 0.3 is 0 Å². The van der Waals surface area contributed by atoms with E-state index in [1.54, 1.807) is 23.5 Å². The minimum Gasteiger partial charge on any atom is -0.506 e. The van der Waals surface area contributed by atoms with E-state index in [-0.39, 0.29) is 0 Å². The molecular weight excluding hydrogens is 605 g/mol. The molecule has 0 aliphatic heterocycles. The molecule has 2 aromatic rings. The number of hydrogen-bond acceptors (Lipinski definition) is 6. The number of hydrogen-bond donors (Lipinski definition) is 2. The Labute approximate surface area is 282 Å². The van der Waals surface area contributed by atoms with Gasteiger partial charge in [-0.05, 0) is 73.0 Å². The summed E-state index contributed by atoms with van der Waals surface area (Å²) < 4.78 is 0. The highest BCUT2D eigenvalue weighted by Gasteiger charge is 2.17. The van der Waals surface area contributed by atoms with E-state index in [1.165, 1.54) is 113 Å². The van der Waals surface area contributed by atoms with Crippen molar-refractivity contribution >= 4 is 47.0 Å². The van der Waals surface area contributed by atoms with E-state index >= 15 is 0 Å². The molecule has 2 rings (SSSR count). The maximum atomic E-state index is 11.5. The Balaban J connectivity index is 2.30. The molecule has 0 saturated heterocycles. The lowest BCUT2D eigenvalue weighted by molar-refractivity contribution is 0.448. The first-order valence-corrected chi connectivity index (χ1v) is 21.2. The minimum absolute atomic E-state index is 0.404. The first-order chi connectivity index (χ1) is 21.0. The van der Waals surface area contributed by atoms with E-state index in [4.69, 9.17) is 0 Å². The molecule has 0 fully saturated rings. The SMILES string of the molecule is CCCCCCSc1cc(Cc2cc(SCCCCCC)cc(SCCCCCC)c2O)c(O)c(SCCCCCC)c1. The van der Waals surface area contributed by atoms with Crippen LogP contribution < -0.4 is 0 Å². The van der Waals surface area contributed by atoms with Crippen LogP contribution in [0.1, 0.15) is 142 Å². The summed E-state index contributed by atoms with van der Waals surface area (Å²) in [6, 6.07) is 8.77. The molecule has 0 aliphatic rings. The van der Waals surface area contributed by atoms with Crippen LogP contribution in [0.2, 0.25) is 0 Å². The first kappa shape index (κ1) is 38.6. The van der Waals surface area contributed by atoms with Crippen LogP contribution in [0.4, 0.5) is 0 Å². The van der Waals surface area contributed by atoms with Crippen molar-refractivity contribution in [1.82, 2.24) is 0 Å². The topological polar surface area (TPSA) is 40.5 Å². The molecule has 244 valence electrons. The number of rotatable bonds is 26. The van der Waals surface area contributed by atoms with E-state index in [0.29, 0.717) is 17.9 Å². The van der Waals surface area contributed by atoms with Crippen LogP contribution in [0, 0.1) is 0 Å². The quantitative estimate of drug-likeness (QED) is 0.0770. The van der Waals surface area contributed by atoms with Crippen LogP contribution in [-0.2, 0) is 6.42 Å². The highest BCUT2D eigenvalue weighted by Crippen LogP contribution is 2.42. The largest absolute Gasteiger partial charge is 0.506 e. The second-order valence-electron chi connectivity index (χ2n) is 11.7. The van der Waals surface area contributed by atoms with Gasteiger partial charge in [0, 0.05) is 27.3 Å². The number of phenolic OH excluding ortho intramolecular Hbond substituents is 2. The highest BCUT2D eigenvalue weighted by atomic mass is 32.2. The molecule has 0 unspecified atom stereocenters. The molecule has 0 aromatic heterocycles. The Bertz CT molecular complexity index is 931. The number of benzene rings is 2. The van der Waals surface area contributed by atoms with E-state index in [2.05, 4.69) is 52.0 Å². The lowest BCUT2D eigenvalue weighted by Gasteiger charge is -2.16. The van der Waals surface area contributed by atoms with Gasteiger partial charge < -0.3 is 10.2 Å². The van der Waals surface area contributed by atoms with E-state index in [0.717, 1.165) is 43.9 Å². The third-order valence-electron chi connectivity index (χ3n) is 7.68. The number of phenols is 2. The fourth-order valence-electron chi connectivity index (χ4n) is 5.00. The summed E-state index contributed by atoms with van der Waals surface area (Å²) in [6.07, 6.45) is 20.6. The predicted octanol–water partition coefficient (Wildman–Crippen LogP) is 13.4. The van der Waals surface area contributed by atoms with Crippen LogP contribution in [0.15, 0.2) is 43.8 Å². The Morgan fingerprint density at radius 1 is 0.419 bits per heavy atom. The summed E-state index contributed by atoms with van der Waals surface area (Å²) >= 11 is 7.42. The van der Waals surface area contributed by atoms with E-state index < -0.39 is 0 Å². The fourth-order valence-corrected chi connectivity index (χ4v) is 9.26. The summed E-state index contributed by atoms with van der Waals surface area (Å²) in [6.45, 7) is 9.01. The van der Waals surface area contributed by atoms with Crippen LogP contribution in [-0.4, -0.2) is 33.2 Å². The van der Waals surface area contributed by atoms with Crippen molar-refractivity contribution in [2.24, 2.45) is 0 Å². The third kappa shape index (κ3) is 16.0. The molecule has 0 saturated carbocycles. The lowest BCUT2D eigenvalue weighted by atomic mass is 10.0. The zero-order chi connectivity index (χ0) is 31.1. The van der Waals surface area contributed by atoms with Crippen molar-refractivity contribution in [1.29, 1.82) is 0 Å². The molecule has 0 radical (unpaired) electrons. The number of aromatic hydroxyl groups is 2. The van der Waals surface area contributed by atoms with E-state index in [1.807, 2.05) is 23.5 Å². The van der Waals surface area contributed by atoms with Crippen LogP contribution in [0.5, 0.6) is 11.5 Å². The van der Waals surface area contributed by atoms with Gasteiger partial charge in [-0.1, -0.05) is 105 Å². The van der Waals surface area contributed by atoms with Crippen LogP contribution in [0.25, 0.3) is 0 Å². The maximum absolute atomic E-state index is 11.5. The summed E-state index contributed by atoms with van der Waals surface area (Å²) in [4.78, 5) is 4.48. The summed E-state index contributed by atoms with van der Waals surface area (Å²) in [5.74, 6) is 5.10. The van der Waals surface area contributed by atoms with Gasteiger partial charge in [0.1, 0.15) is 11.5 Å². The average Bonchev–Trinajstić information content (AvgIpc) is 3.00. The van der Waals surface area contributed by atoms with Gasteiger partial charge in [0.15, 0.2) is 0 Å². The highest BCUT2D eigenvalue weighted by molar-refractivity contribution is 8.00. The molecule has 0 amide bonds. The molecular formula is C37H60O2S4. The average molecular weight is 665 g/mol. The smallest absolute Gasteiger partial charge is 0.132 e. The minimum atomic E-state index is 0.404. The molecule has 2 N–H and O–H groups in total. The molecule has 6 heteroatoms. The lowest BCUT2D eigenvalue weighted by Crippen LogP contribution is -1.96. The Hall–Kier alpha value is -0.560. The molecule has 0 aliphatic carbocycles. The van der Waals surface area contributed by atoms with Crippen molar-refractivity contribution in [3.8, 4) is 11.5 Å². The van der Waals surface area contributed by atoms with E-state index in [9.17, 15) is 10.2 Å². The van der Waals surface area contributed by atoms with Gasteiger partial charge in [-0.25, -0.2) is 0 Å². The summed E-state index contributed by atoms with van der Waals surface area (Å²) in [5, 5.41) is 22.9. The molecule has 0 atom stereocenters. The van der Waals surface area contributed by atoms with Crippen molar-refractivity contribution in [2.45, 2.75) is 156 Å². The molecule has 0 heterocycles. The Morgan fingerprint density at radius 2 is 0.744 bits per heavy atom. The number of unbranched alkanes of at least 4 members (excludes halogenated alkanes) is 12. The molecule has 2 aromatic carbocycles. The van der Waals surface area contributed by atoms with Crippen molar-refractivity contribution in [2.75, 3.05) is 23.0 Å². The van der Waals surface area contributed by atoms with Gasteiger partial charge in [-0.3, -0.25) is 0 Å².